The summed E-state index contributed by atoms with van der Waals surface area (Å²) in [5.41, 5.74) is 0.715. The topological polar surface area (TPSA) is 53.6 Å². The lowest BCUT2D eigenvalue weighted by molar-refractivity contribution is 0.0527. The van der Waals surface area contributed by atoms with E-state index in [-0.39, 0.29) is 6.09 Å². The molecule has 2 N–H and O–H groups in total. The molecule has 0 aliphatic carbocycles. The minimum absolute atomic E-state index is 0.348. The van der Waals surface area contributed by atoms with Crippen molar-refractivity contribution >= 4 is 29.3 Å². The van der Waals surface area contributed by atoms with E-state index in [0.717, 1.165) is 32.5 Å². The Morgan fingerprint density at radius 2 is 1.89 bits per heavy atom. The van der Waals surface area contributed by atoms with E-state index < -0.39 is 5.60 Å². The second-order valence-corrected chi connectivity index (χ2v) is 8.76. The van der Waals surface area contributed by atoms with Crippen LogP contribution in [0.2, 0.25) is 10.0 Å². The molecular weight excluding hydrogens is 385 g/mol. The Morgan fingerprint density at radius 1 is 1.19 bits per heavy atom. The maximum atomic E-state index is 11.6. The molecule has 7 heteroatoms. The summed E-state index contributed by atoms with van der Waals surface area (Å²) >= 11 is 12.2. The van der Waals surface area contributed by atoms with E-state index in [2.05, 4.69) is 29.6 Å². The van der Waals surface area contributed by atoms with Gasteiger partial charge in [0.05, 0.1) is 10.0 Å². The van der Waals surface area contributed by atoms with Gasteiger partial charge in [-0.15, -0.1) is 0 Å². The van der Waals surface area contributed by atoms with Crippen molar-refractivity contribution in [3.63, 3.8) is 0 Å². The Kier molecular flexibility index (Phi) is 10.5. The Morgan fingerprint density at radius 3 is 2.48 bits per heavy atom. The highest BCUT2D eigenvalue weighted by atomic mass is 35.5. The van der Waals surface area contributed by atoms with Crippen molar-refractivity contribution in [2.75, 3.05) is 40.3 Å². The third-order valence-corrected chi connectivity index (χ3v) is 4.67. The van der Waals surface area contributed by atoms with Crippen molar-refractivity contribution in [3.8, 4) is 0 Å². The van der Waals surface area contributed by atoms with Gasteiger partial charge in [-0.05, 0) is 84.4 Å². The molecule has 5 nitrogen and oxygen atoms in total. The van der Waals surface area contributed by atoms with Crippen LogP contribution in [0, 0.1) is 0 Å². The zero-order chi connectivity index (χ0) is 20.4. The van der Waals surface area contributed by atoms with Crippen molar-refractivity contribution in [2.24, 2.45) is 0 Å². The largest absolute Gasteiger partial charge is 0.444 e. The molecule has 1 unspecified atom stereocenters. The van der Waals surface area contributed by atoms with Gasteiger partial charge in [0.25, 0.3) is 0 Å². The lowest BCUT2D eigenvalue weighted by Gasteiger charge is -2.21. The molecule has 0 fully saturated rings. The first-order valence-electron chi connectivity index (χ1n) is 9.35. The summed E-state index contributed by atoms with van der Waals surface area (Å²) in [5, 5.41) is 7.42. The van der Waals surface area contributed by atoms with E-state index >= 15 is 0 Å². The first-order valence-corrected chi connectivity index (χ1v) is 10.1. The second-order valence-electron chi connectivity index (χ2n) is 7.95. The molecule has 0 radical (unpaired) electrons. The highest BCUT2D eigenvalue weighted by Gasteiger charge is 2.16. The number of carbonyl (C=O) groups is 1. The predicted molar refractivity (Wildman–Crippen MR) is 114 cm³/mol. The monoisotopic (exact) mass is 417 g/mol. The number of nitrogens with zero attached hydrogens (tertiary/aromatic N) is 1. The standard InChI is InChI=1S/C20H33Cl2N3O2/c1-20(2,3)27-19(26)24-11-6-10-23-14-16(9-12-25(4)5)15-7-8-17(21)18(22)13-15/h7-8,13,16,23H,6,9-12,14H2,1-5H3,(H,24,26). The van der Waals surface area contributed by atoms with Gasteiger partial charge >= 0.3 is 6.09 Å². The van der Waals surface area contributed by atoms with E-state index in [0.29, 0.717) is 22.5 Å². The quantitative estimate of drug-likeness (QED) is 0.548. The van der Waals surface area contributed by atoms with Crippen molar-refractivity contribution < 1.29 is 9.53 Å². The first kappa shape index (κ1) is 24.0. The zero-order valence-corrected chi connectivity index (χ0v) is 18.6. The molecule has 0 aliphatic rings. The molecule has 0 saturated carbocycles. The number of carbonyl (C=O) groups excluding carboxylic acids is 1. The van der Waals surface area contributed by atoms with Crippen LogP contribution in [0.3, 0.4) is 0 Å². The third kappa shape index (κ3) is 10.8. The summed E-state index contributed by atoms with van der Waals surface area (Å²) in [6.45, 7) is 8.79. The number of rotatable bonds is 10. The smallest absolute Gasteiger partial charge is 0.407 e. The number of alkyl carbamates (subject to hydrolysis) is 1. The molecular formula is C20H33Cl2N3O2. The fourth-order valence-corrected chi connectivity index (χ4v) is 2.87. The summed E-state index contributed by atoms with van der Waals surface area (Å²) < 4.78 is 5.22. The van der Waals surface area contributed by atoms with E-state index in [9.17, 15) is 4.79 Å². The van der Waals surface area contributed by atoms with Crippen LogP contribution in [0.4, 0.5) is 4.79 Å². The molecule has 0 aliphatic heterocycles. The van der Waals surface area contributed by atoms with Gasteiger partial charge < -0.3 is 20.3 Å². The van der Waals surface area contributed by atoms with Gasteiger partial charge in [0.15, 0.2) is 0 Å². The van der Waals surface area contributed by atoms with Gasteiger partial charge in [-0.2, -0.15) is 0 Å². The molecule has 0 bridgehead atoms. The Balaban J connectivity index is 2.41. The van der Waals surface area contributed by atoms with Gasteiger partial charge in [0.2, 0.25) is 0 Å². The number of benzene rings is 1. The molecule has 27 heavy (non-hydrogen) atoms. The van der Waals surface area contributed by atoms with Crippen LogP contribution in [-0.2, 0) is 4.74 Å². The molecule has 0 heterocycles. The fourth-order valence-electron chi connectivity index (χ4n) is 2.56. The van der Waals surface area contributed by atoms with Crippen molar-refractivity contribution in [1.82, 2.24) is 15.5 Å². The minimum Gasteiger partial charge on any atom is -0.444 e. The predicted octanol–water partition coefficient (Wildman–Crippen LogP) is 4.53. The van der Waals surface area contributed by atoms with Crippen LogP contribution in [0.1, 0.15) is 45.1 Å². The molecule has 1 amide bonds. The summed E-state index contributed by atoms with van der Waals surface area (Å²) in [6, 6.07) is 5.85. The Bertz CT molecular complexity index is 589. The molecule has 154 valence electrons. The van der Waals surface area contributed by atoms with Crippen molar-refractivity contribution in [2.45, 2.75) is 45.1 Å². The maximum Gasteiger partial charge on any atom is 0.407 e. The van der Waals surface area contributed by atoms with Crippen LogP contribution >= 0.6 is 23.2 Å². The number of amides is 1. The molecule has 0 spiro atoms. The first-order chi connectivity index (χ1) is 12.6. The number of halogens is 2. The van der Waals surface area contributed by atoms with Gasteiger partial charge in [0, 0.05) is 13.1 Å². The highest BCUT2D eigenvalue weighted by molar-refractivity contribution is 6.42. The number of nitrogens with one attached hydrogen (secondary N) is 2. The average Bonchev–Trinajstić information content (AvgIpc) is 2.54. The van der Waals surface area contributed by atoms with Gasteiger partial charge in [-0.3, -0.25) is 0 Å². The average molecular weight is 418 g/mol. The lowest BCUT2D eigenvalue weighted by atomic mass is 9.95. The van der Waals surface area contributed by atoms with Crippen molar-refractivity contribution in [1.29, 1.82) is 0 Å². The molecule has 1 aromatic carbocycles. The molecule has 1 atom stereocenters. The van der Waals surface area contributed by atoms with E-state index in [1.165, 1.54) is 5.56 Å². The lowest BCUT2D eigenvalue weighted by Crippen LogP contribution is -2.34. The number of hydrogen-bond donors (Lipinski definition) is 2. The summed E-state index contributed by atoms with van der Waals surface area (Å²) in [7, 11) is 4.14. The van der Waals surface area contributed by atoms with Crippen LogP contribution in [-0.4, -0.2) is 56.9 Å². The molecule has 0 aromatic heterocycles. The van der Waals surface area contributed by atoms with E-state index in [1.54, 1.807) is 0 Å². The normalized spacial score (nSPS) is 12.9. The number of hydrogen-bond acceptors (Lipinski definition) is 4. The molecule has 1 aromatic rings. The SMILES string of the molecule is CN(C)CCC(CNCCCNC(=O)OC(C)(C)C)c1ccc(Cl)c(Cl)c1. The van der Waals surface area contributed by atoms with Crippen LogP contribution < -0.4 is 10.6 Å². The van der Waals surface area contributed by atoms with Gasteiger partial charge in [-0.25, -0.2) is 4.79 Å². The Labute approximate surface area is 173 Å². The van der Waals surface area contributed by atoms with Crippen LogP contribution in [0.5, 0.6) is 0 Å². The summed E-state index contributed by atoms with van der Waals surface area (Å²) in [5.74, 6) is 0.348. The van der Waals surface area contributed by atoms with Gasteiger partial charge in [-0.1, -0.05) is 29.3 Å². The molecule has 1 rings (SSSR count). The maximum absolute atomic E-state index is 11.6. The second kappa shape index (κ2) is 11.7. The van der Waals surface area contributed by atoms with Crippen LogP contribution in [0.25, 0.3) is 0 Å². The van der Waals surface area contributed by atoms with Gasteiger partial charge in [0.1, 0.15) is 5.60 Å². The van der Waals surface area contributed by atoms with E-state index in [1.807, 2.05) is 39.0 Å². The zero-order valence-electron chi connectivity index (χ0n) is 17.1. The third-order valence-electron chi connectivity index (χ3n) is 3.93. The molecule has 0 saturated heterocycles. The fraction of sp³-hybridized carbons (Fsp3) is 0.650. The summed E-state index contributed by atoms with van der Waals surface area (Å²) in [6.07, 6.45) is 1.48. The van der Waals surface area contributed by atoms with E-state index in [4.69, 9.17) is 27.9 Å². The minimum atomic E-state index is -0.470. The van der Waals surface area contributed by atoms with Crippen molar-refractivity contribution in [3.05, 3.63) is 33.8 Å². The number of ether oxygens (including phenoxy) is 1. The van der Waals surface area contributed by atoms with Crippen LogP contribution in [0.15, 0.2) is 18.2 Å². The Hall–Kier alpha value is -1.01. The summed E-state index contributed by atoms with van der Waals surface area (Å²) in [4.78, 5) is 13.8. The highest BCUT2D eigenvalue weighted by Crippen LogP contribution is 2.28.